The van der Waals surface area contributed by atoms with E-state index in [-0.39, 0.29) is 17.7 Å². The molecule has 108 valence electrons. The fraction of sp³-hybridized carbons (Fsp3) is 0.538. The van der Waals surface area contributed by atoms with Gasteiger partial charge in [0.1, 0.15) is 0 Å². The molecule has 1 heterocycles. The highest BCUT2D eigenvalue weighted by Gasteiger charge is 2.18. The number of rotatable bonds is 4. The summed E-state index contributed by atoms with van der Waals surface area (Å²) in [4.78, 5) is 31.4. The van der Waals surface area contributed by atoms with E-state index in [4.69, 9.17) is 0 Å². The van der Waals surface area contributed by atoms with Gasteiger partial charge < -0.3 is 5.32 Å². The molecule has 0 aliphatic heterocycles. The highest BCUT2D eigenvalue weighted by Crippen LogP contribution is 2.17. The standard InChI is InChI=1S/C13H18N4O2S/c1-9-6-14-13(15-7-9)20-8-11(18)17-12(19)16-10-4-2-3-5-10/h6-7,10H,2-5,8H2,1H3,(H2,16,17,18,19). The summed E-state index contributed by atoms with van der Waals surface area (Å²) >= 11 is 1.21. The maximum absolute atomic E-state index is 11.6. The maximum atomic E-state index is 11.6. The quantitative estimate of drug-likeness (QED) is 0.651. The van der Waals surface area contributed by atoms with Gasteiger partial charge in [0.05, 0.1) is 5.75 Å². The molecule has 6 nitrogen and oxygen atoms in total. The van der Waals surface area contributed by atoms with Gasteiger partial charge in [-0.3, -0.25) is 10.1 Å². The number of carbonyl (C=O) groups is 2. The van der Waals surface area contributed by atoms with Crippen molar-refractivity contribution in [2.24, 2.45) is 0 Å². The Balaban J connectivity index is 1.69. The van der Waals surface area contributed by atoms with Crippen LogP contribution in [0.25, 0.3) is 0 Å². The Morgan fingerprint density at radius 1 is 1.30 bits per heavy atom. The monoisotopic (exact) mass is 294 g/mol. The van der Waals surface area contributed by atoms with Crippen molar-refractivity contribution in [1.82, 2.24) is 20.6 Å². The van der Waals surface area contributed by atoms with Gasteiger partial charge in [-0.15, -0.1) is 0 Å². The molecule has 0 saturated heterocycles. The summed E-state index contributed by atoms with van der Waals surface area (Å²) in [5.74, 6) is -0.212. The molecule has 2 rings (SSSR count). The minimum Gasteiger partial charge on any atom is -0.335 e. The third kappa shape index (κ3) is 4.80. The lowest BCUT2D eigenvalue weighted by Crippen LogP contribution is -2.44. The molecule has 1 aromatic heterocycles. The number of hydrogen-bond acceptors (Lipinski definition) is 5. The average molecular weight is 294 g/mol. The number of urea groups is 1. The molecule has 0 radical (unpaired) electrons. The van der Waals surface area contributed by atoms with Gasteiger partial charge in [0.2, 0.25) is 5.91 Å². The number of imide groups is 1. The van der Waals surface area contributed by atoms with Gasteiger partial charge >= 0.3 is 6.03 Å². The van der Waals surface area contributed by atoms with E-state index in [1.165, 1.54) is 11.8 Å². The second kappa shape index (κ2) is 7.23. The minimum absolute atomic E-state index is 0.126. The van der Waals surface area contributed by atoms with Gasteiger partial charge in [-0.1, -0.05) is 24.6 Å². The first-order chi connectivity index (χ1) is 9.63. The van der Waals surface area contributed by atoms with Gasteiger partial charge in [-0.25, -0.2) is 14.8 Å². The molecular formula is C13H18N4O2S. The van der Waals surface area contributed by atoms with Crippen molar-refractivity contribution in [3.05, 3.63) is 18.0 Å². The van der Waals surface area contributed by atoms with Crippen molar-refractivity contribution in [3.8, 4) is 0 Å². The molecule has 0 atom stereocenters. The van der Waals surface area contributed by atoms with E-state index in [0.29, 0.717) is 5.16 Å². The average Bonchev–Trinajstić information content (AvgIpc) is 2.90. The summed E-state index contributed by atoms with van der Waals surface area (Å²) < 4.78 is 0. The normalized spacial score (nSPS) is 15.1. The summed E-state index contributed by atoms with van der Waals surface area (Å²) in [7, 11) is 0. The van der Waals surface area contributed by atoms with E-state index < -0.39 is 6.03 Å². The molecule has 0 unspecified atom stereocenters. The summed E-state index contributed by atoms with van der Waals surface area (Å²) in [5.41, 5.74) is 0.967. The lowest BCUT2D eigenvalue weighted by molar-refractivity contribution is -0.117. The smallest absolute Gasteiger partial charge is 0.321 e. The summed E-state index contributed by atoms with van der Waals surface area (Å²) in [5, 5.41) is 5.66. The zero-order valence-electron chi connectivity index (χ0n) is 11.4. The highest BCUT2D eigenvalue weighted by molar-refractivity contribution is 7.99. The molecule has 0 spiro atoms. The topological polar surface area (TPSA) is 84.0 Å². The molecule has 3 amide bonds. The fourth-order valence-corrected chi connectivity index (χ4v) is 2.63. The molecule has 1 aliphatic rings. The predicted octanol–water partition coefficient (Wildman–Crippen LogP) is 1.65. The van der Waals surface area contributed by atoms with Crippen molar-refractivity contribution in [2.75, 3.05) is 5.75 Å². The number of amides is 3. The van der Waals surface area contributed by atoms with E-state index in [1.54, 1.807) is 12.4 Å². The molecule has 1 aliphatic carbocycles. The summed E-state index contributed by atoms with van der Waals surface area (Å²) in [6, 6.07) is -0.205. The number of aryl methyl sites for hydroxylation is 1. The number of nitrogens with zero attached hydrogens (tertiary/aromatic N) is 2. The van der Waals surface area contributed by atoms with Crippen LogP contribution in [0.15, 0.2) is 17.6 Å². The first kappa shape index (κ1) is 14.8. The summed E-state index contributed by atoms with van der Waals surface area (Å²) in [6.45, 7) is 1.90. The molecule has 0 bridgehead atoms. The molecule has 1 saturated carbocycles. The van der Waals surface area contributed by atoms with Crippen LogP contribution in [0.1, 0.15) is 31.2 Å². The van der Waals surface area contributed by atoms with Crippen LogP contribution in [0.5, 0.6) is 0 Å². The van der Waals surface area contributed by atoms with Crippen molar-refractivity contribution in [1.29, 1.82) is 0 Å². The Morgan fingerprint density at radius 2 is 1.95 bits per heavy atom. The van der Waals surface area contributed by atoms with Crippen LogP contribution >= 0.6 is 11.8 Å². The zero-order valence-corrected chi connectivity index (χ0v) is 12.2. The lowest BCUT2D eigenvalue weighted by atomic mass is 10.2. The number of carbonyl (C=O) groups excluding carboxylic acids is 2. The van der Waals surface area contributed by atoms with E-state index >= 15 is 0 Å². The van der Waals surface area contributed by atoms with Crippen LogP contribution < -0.4 is 10.6 Å². The summed E-state index contributed by atoms with van der Waals surface area (Å²) in [6.07, 6.45) is 7.65. The highest BCUT2D eigenvalue weighted by atomic mass is 32.2. The Morgan fingerprint density at radius 3 is 2.60 bits per heavy atom. The second-order valence-electron chi connectivity index (χ2n) is 4.83. The van der Waals surface area contributed by atoms with Crippen molar-refractivity contribution in [3.63, 3.8) is 0 Å². The number of thioether (sulfide) groups is 1. The molecule has 1 aromatic rings. The third-order valence-corrected chi connectivity index (χ3v) is 3.91. The molecule has 0 aromatic carbocycles. The van der Waals surface area contributed by atoms with Gasteiger partial charge in [0.25, 0.3) is 0 Å². The van der Waals surface area contributed by atoms with E-state index in [2.05, 4.69) is 20.6 Å². The number of hydrogen-bond donors (Lipinski definition) is 2. The maximum Gasteiger partial charge on any atom is 0.321 e. The predicted molar refractivity (Wildman–Crippen MR) is 76.4 cm³/mol. The second-order valence-corrected chi connectivity index (χ2v) is 5.78. The van der Waals surface area contributed by atoms with Crippen LogP contribution in [0.4, 0.5) is 4.79 Å². The Kier molecular flexibility index (Phi) is 5.34. The number of aromatic nitrogens is 2. The largest absolute Gasteiger partial charge is 0.335 e. The van der Waals surface area contributed by atoms with Gasteiger partial charge in [-0.2, -0.15) is 0 Å². The van der Waals surface area contributed by atoms with E-state index in [0.717, 1.165) is 31.2 Å². The lowest BCUT2D eigenvalue weighted by Gasteiger charge is -2.11. The van der Waals surface area contributed by atoms with Gasteiger partial charge in [-0.05, 0) is 25.3 Å². The Hall–Kier alpha value is -1.63. The molecule has 1 fully saturated rings. The zero-order chi connectivity index (χ0) is 14.4. The first-order valence-electron chi connectivity index (χ1n) is 6.65. The SMILES string of the molecule is Cc1cnc(SCC(=O)NC(=O)NC2CCCC2)nc1. The van der Waals surface area contributed by atoms with Crippen molar-refractivity contribution in [2.45, 2.75) is 43.8 Å². The molecule has 7 heteroatoms. The molecular weight excluding hydrogens is 276 g/mol. The van der Waals surface area contributed by atoms with Crippen LogP contribution in [-0.2, 0) is 4.79 Å². The van der Waals surface area contributed by atoms with Crippen LogP contribution in [0.2, 0.25) is 0 Å². The fourth-order valence-electron chi connectivity index (χ4n) is 2.04. The molecule has 20 heavy (non-hydrogen) atoms. The number of nitrogens with one attached hydrogen (secondary N) is 2. The minimum atomic E-state index is -0.410. The first-order valence-corrected chi connectivity index (χ1v) is 7.64. The van der Waals surface area contributed by atoms with Crippen LogP contribution in [-0.4, -0.2) is 33.7 Å². The van der Waals surface area contributed by atoms with Gasteiger partial charge in [0.15, 0.2) is 5.16 Å². The van der Waals surface area contributed by atoms with Crippen molar-refractivity contribution < 1.29 is 9.59 Å². The van der Waals surface area contributed by atoms with Gasteiger partial charge in [0, 0.05) is 18.4 Å². The van der Waals surface area contributed by atoms with Crippen LogP contribution in [0, 0.1) is 6.92 Å². The van der Waals surface area contributed by atoms with E-state index in [9.17, 15) is 9.59 Å². The Labute approximate surface area is 122 Å². The van der Waals surface area contributed by atoms with Crippen molar-refractivity contribution >= 4 is 23.7 Å². The van der Waals surface area contributed by atoms with E-state index in [1.807, 2.05) is 6.92 Å². The van der Waals surface area contributed by atoms with Crippen LogP contribution in [0.3, 0.4) is 0 Å². The Bertz CT molecular complexity index is 472. The third-order valence-electron chi connectivity index (χ3n) is 3.03. The molecule has 2 N–H and O–H groups in total.